The number of aliphatic hydroxyl groups is 1. The van der Waals surface area contributed by atoms with Gasteiger partial charge in [0.2, 0.25) is 5.91 Å². The standard InChI is InChI=1S/C8H16N2O2/c1-9(2)8(12)7-4-6(11)5-10(7)3/h6-7,11H,4-5H2,1-3H3/t6-,7-/m0/s1. The highest BCUT2D eigenvalue weighted by atomic mass is 16.3. The van der Waals surface area contributed by atoms with Crippen molar-refractivity contribution < 1.29 is 9.90 Å². The third kappa shape index (κ3) is 1.76. The van der Waals surface area contributed by atoms with Crippen molar-refractivity contribution in [3.05, 3.63) is 0 Å². The Balaban J connectivity index is 2.58. The molecule has 0 aromatic carbocycles. The smallest absolute Gasteiger partial charge is 0.239 e. The number of hydrogen-bond acceptors (Lipinski definition) is 3. The van der Waals surface area contributed by atoms with Crippen molar-refractivity contribution in [2.24, 2.45) is 0 Å². The molecule has 1 heterocycles. The van der Waals surface area contributed by atoms with E-state index in [-0.39, 0.29) is 18.1 Å². The molecule has 2 atom stereocenters. The van der Waals surface area contributed by atoms with E-state index in [4.69, 9.17) is 0 Å². The van der Waals surface area contributed by atoms with Crippen molar-refractivity contribution in [3.8, 4) is 0 Å². The first-order chi connectivity index (χ1) is 5.52. The number of aliphatic hydroxyl groups excluding tert-OH is 1. The van der Waals surface area contributed by atoms with Crippen molar-refractivity contribution >= 4 is 5.91 Å². The van der Waals surface area contributed by atoms with Gasteiger partial charge in [-0.3, -0.25) is 9.69 Å². The topological polar surface area (TPSA) is 43.8 Å². The van der Waals surface area contributed by atoms with Gasteiger partial charge < -0.3 is 10.0 Å². The summed E-state index contributed by atoms with van der Waals surface area (Å²) < 4.78 is 0. The molecule has 12 heavy (non-hydrogen) atoms. The molecule has 0 radical (unpaired) electrons. The van der Waals surface area contributed by atoms with Gasteiger partial charge in [-0.15, -0.1) is 0 Å². The SMILES string of the molecule is CN(C)C(=O)[C@@H]1C[C@H](O)CN1C. The second-order valence-electron chi connectivity index (χ2n) is 3.58. The third-order valence-electron chi connectivity index (χ3n) is 2.25. The lowest BCUT2D eigenvalue weighted by Gasteiger charge is -2.21. The Hall–Kier alpha value is -0.610. The van der Waals surface area contributed by atoms with Crippen molar-refractivity contribution in [1.82, 2.24) is 9.80 Å². The minimum atomic E-state index is -0.344. The van der Waals surface area contributed by atoms with Crippen LogP contribution in [0.2, 0.25) is 0 Å². The Morgan fingerprint density at radius 1 is 1.58 bits per heavy atom. The Labute approximate surface area is 72.8 Å². The third-order valence-corrected chi connectivity index (χ3v) is 2.25. The van der Waals surface area contributed by atoms with Crippen LogP contribution in [-0.2, 0) is 4.79 Å². The Morgan fingerprint density at radius 3 is 2.50 bits per heavy atom. The van der Waals surface area contributed by atoms with E-state index in [2.05, 4.69) is 0 Å². The highest BCUT2D eigenvalue weighted by Crippen LogP contribution is 2.16. The molecule has 0 spiro atoms. The summed E-state index contributed by atoms with van der Waals surface area (Å²) in [7, 11) is 5.34. The zero-order chi connectivity index (χ0) is 9.30. The molecule has 0 bridgehead atoms. The maximum absolute atomic E-state index is 11.5. The first-order valence-corrected chi connectivity index (χ1v) is 4.12. The summed E-state index contributed by atoms with van der Waals surface area (Å²) in [4.78, 5) is 14.9. The van der Waals surface area contributed by atoms with Crippen molar-refractivity contribution in [1.29, 1.82) is 0 Å². The maximum atomic E-state index is 11.5. The normalized spacial score (nSPS) is 30.7. The second-order valence-corrected chi connectivity index (χ2v) is 3.58. The van der Waals surface area contributed by atoms with Crippen molar-refractivity contribution in [2.75, 3.05) is 27.7 Å². The van der Waals surface area contributed by atoms with E-state index >= 15 is 0 Å². The first kappa shape index (κ1) is 9.48. The lowest BCUT2D eigenvalue weighted by atomic mass is 10.2. The van der Waals surface area contributed by atoms with Crippen LogP contribution in [0.5, 0.6) is 0 Å². The lowest BCUT2D eigenvalue weighted by Crippen LogP contribution is -2.40. The fourth-order valence-electron chi connectivity index (χ4n) is 1.56. The number of amides is 1. The van der Waals surface area contributed by atoms with Crippen LogP contribution in [0.15, 0.2) is 0 Å². The van der Waals surface area contributed by atoms with E-state index < -0.39 is 0 Å². The molecule has 0 saturated carbocycles. The number of likely N-dealkylation sites (tertiary alicyclic amines) is 1. The molecule has 0 aliphatic carbocycles. The molecular formula is C8H16N2O2. The quantitative estimate of drug-likeness (QED) is 0.559. The summed E-state index contributed by atoms with van der Waals surface area (Å²) >= 11 is 0. The minimum Gasteiger partial charge on any atom is -0.392 e. The molecule has 0 aromatic heterocycles. The van der Waals surface area contributed by atoms with Gasteiger partial charge in [-0.1, -0.05) is 0 Å². The summed E-state index contributed by atoms with van der Waals surface area (Å²) in [6.07, 6.45) is 0.219. The van der Waals surface area contributed by atoms with E-state index in [1.165, 1.54) is 0 Å². The molecule has 1 aliphatic rings. The number of carbonyl (C=O) groups excluding carboxylic acids is 1. The Morgan fingerprint density at radius 2 is 2.17 bits per heavy atom. The highest BCUT2D eigenvalue weighted by molar-refractivity contribution is 5.81. The van der Waals surface area contributed by atoms with Gasteiger partial charge in [0.25, 0.3) is 0 Å². The highest BCUT2D eigenvalue weighted by Gasteiger charge is 2.33. The van der Waals surface area contributed by atoms with Crippen LogP contribution < -0.4 is 0 Å². The lowest BCUT2D eigenvalue weighted by molar-refractivity contribution is -0.133. The largest absolute Gasteiger partial charge is 0.392 e. The van der Waals surface area contributed by atoms with Gasteiger partial charge in [-0.25, -0.2) is 0 Å². The molecule has 1 rings (SSSR count). The van der Waals surface area contributed by atoms with Crippen molar-refractivity contribution in [3.63, 3.8) is 0 Å². The number of β-amino-alcohol motifs (C(OH)–C–C–N with tert-alkyl or cyclic N) is 1. The monoisotopic (exact) mass is 172 g/mol. The minimum absolute atomic E-state index is 0.0778. The molecule has 4 heteroatoms. The number of hydrogen-bond donors (Lipinski definition) is 1. The maximum Gasteiger partial charge on any atom is 0.239 e. The predicted molar refractivity (Wildman–Crippen MR) is 45.7 cm³/mol. The molecule has 0 aromatic rings. The molecule has 1 amide bonds. The fourth-order valence-corrected chi connectivity index (χ4v) is 1.56. The average molecular weight is 172 g/mol. The van der Waals surface area contributed by atoms with E-state index in [9.17, 15) is 9.90 Å². The van der Waals surface area contributed by atoms with Crippen molar-refractivity contribution in [2.45, 2.75) is 18.6 Å². The zero-order valence-corrected chi connectivity index (χ0v) is 7.82. The van der Waals surface area contributed by atoms with Gasteiger partial charge in [0.05, 0.1) is 12.1 Å². The van der Waals surface area contributed by atoms with E-state index in [1.807, 2.05) is 11.9 Å². The molecular weight excluding hydrogens is 156 g/mol. The summed E-state index contributed by atoms with van der Waals surface area (Å²) in [5, 5.41) is 9.29. The van der Waals surface area contributed by atoms with Gasteiger partial charge in [0.1, 0.15) is 0 Å². The molecule has 4 nitrogen and oxygen atoms in total. The Bertz CT molecular complexity index is 182. The summed E-state index contributed by atoms with van der Waals surface area (Å²) in [5.74, 6) is 0.0778. The van der Waals surface area contributed by atoms with Gasteiger partial charge in [-0.05, 0) is 13.5 Å². The number of rotatable bonds is 1. The Kier molecular flexibility index (Phi) is 2.69. The molecule has 1 N–H and O–H groups in total. The molecule has 1 saturated heterocycles. The van der Waals surface area contributed by atoms with Crippen LogP contribution in [0.4, 0.5) is 0 Å². The number of likely N-dealkylation sites (N-methyl/N-ethyl adjacent to an activating group) is 2. The van der Waals surface area contributed by atoms with E-state index in [1.54, 1.807) is 19.0 Å². The molecule has 0 unspecified atom stereocenters. The fraction of sp³-hybridized carbons (Fsp3) is 0.875. The number of nitrogens with zero attached hydrogens (tertiary/aromatic N) is 2. The van der Waals surface area contributed by atoms with Crippen LogP contribution in [0.25, 0.3) is 0 Å². The van der Waals surface area contributed by atoms with Gasteiger partial charge in [0, 0.05) is 20.6 Å². The van der Waals surface area contributed by atoms with Crippen LogP contribution in [-0.4, -0.2) is 60.6 Å². The molecule has 1 fully saturated rings. The van der Waals surface area contributed by atoms with Gasteiger partial charge >= 0.3 is 0 Å². The van der Waals surface area contributed by atoms with Gasteiger partial charge in [0.15, 0.2) is 0 Å². The summed E-state index contributed by atoms with van der Waals surface area (Å²) in [6, 6.07) is -0.130. The molecule has 1 aliphatic heterocycles. The van der Waals surface area contributed by atoms with Crippen LogP contribution >= 0.6 is 0 Å². The zero-order valence-electron chi connectivity index (χ0n) is 7.82. The second kappa shape index (κ2) is 3.41. The van der Waals surface area contributed by atoms with E-state index in [0.29, 0.717) is 13.0 Å². The number of carbonyl (C=O) groups is 1. The van der Waals surface area contributed by atoms with Crippen LogP contribution in [0, 0.1) is 0 Å². The van der Waals surface area contributed by atoms with Crippen LogP contribution in [0.1, 0.15) is 6.42 Å². The predicted octanol–water partition coefficient (Wildman–Crippen LogP) is -0.860. The van der Waals surface area contributed by atoms with E-state index in [0.717, 1.165) is 0 Å². The van der Waals surface area contributed by atoms with Crippen LogP contribution in [0.3, 0.4) is 0 Å². The molecule has 70 valence electrons. The average Bonchev–Trinajstić information content (AvgIpc) is 2.28. The summed E-state index contributed by atoms with van der Waals surface area (Å²) in [6.45, 7) is 0.601. The van der Waals surface area contributed by atoms with Gasteiger partial charge in [-0.2, -0.15) is 0 Å². The first-order valence-electron chi connectivity index (χ1n) is 4.12. The summed E-state index contributed by atoms with van der Waals surface area (Å²) in [5.41, 5.74) is 0.